The molecule has 3 nitrogen and oxygen atoms in total. The van der Waals surface area contributed by atoms with Gasteiger partial charge in [0.1, 0.15) is 13.2 Å². The Morgan fingerprint density at radius 3 is 1.78 bits per heavy atom. The molecule has 50 valence electrons. The smallest absolute Gasteiger partial charge is 0.119 e. The van der Waals surface area contributed by atoms with E-state index >= 15 is 0 Å². The quantitative estimate of drug-likeness (QED) is 0.514. The van der Waals surface area contributed by atoms with Gasteiger partial charge in [0, 0.05) is 24.0 Å². The molecular weight excluding hydrogens is 192 g/mol. The van der Waals surface area contributed by atoms with Crippen LogP contribution in [-0.4, -0.2) is 13.2 Å². The SMILES string of the molecule is CCO[P+](=O)OCC.[Zn]. The first-order valence-electron chi connectivity index (χ1n) is 2.54. The van der Waals surface area contributed by atoms with Crippen LogP contribution in [0.15, 0.2) is 0 Å². The van der Waals surface area contributed by atoms with E-state index in [0.717, 1.165) is 0 Å². The molecule has 0 rings (SSSR count). The van der Waals surface area contributed by atoms with Crippen molar-refractivity contribution in [2.45, 2.75) is 13.8 Å². The number of hydrogen-bond acceptors (Lipinski definition) is 3. The summed E-state index contributed by atoms with van der Waals surface area (Å²) in [4.78, 5) is 0. The summed E-state index contributed by atoms with van der Waals surface area (Å²) in [5.41, 5.74) is 0. The van der Waals surface area contributed by atoms with Crippen molar-refractivity contribution in [1.82, 2.24) is 0 Å². The standard InChI is InChI=1S/C4H10O3P.Zn/c1-3-6-8(5)7-4-2;/h3-4H2,1-2H3;/q+1;. The van der Waals surface area contributed by atoms with Gasteiger partial charge in [-0.15, -0.1) is 9.05 Å². The van der Waals surface area contributed by atoms with Crippen LogP contribution in [-0.2, 0) is 33.1 Å². The Bertz CT molecular complexity index is 70.2. The predicted octanol–water partition coefficient (Wildman–Crippen LogP) is 1.71. The van der Waals surface area contributed by atoms with Gasteiger partial charge < -0.3 is 0 Å². The Morgan fingerprint density at radius 1 is 1.22 bits per heavy atom. The molecular formula is C4H10O3PZn+. The Hall–Kier alpha value is 0.643. The van der Waals surface area contributed by atoms with Crippen LogP contribution in [0.4, 0.5) is 0 Å². The average Bonchev–Trinajstić information content (AvgIpc) is 1.68. The van der Waals surface area contributed by atoms with Gasteiger partial charge >= 0.3 is 8.25 Å². The fourth-order valence-electron chi connectivity index (χ4n) is 0.248. The molecule has 0 aromatic heterocycles. The van der Waals surface area contributed by atoms with Gasteiger partial charge in [-0.1, -0.05) is 0 Å². The van der Waals surface area contributed by atoms with Gasteiger partial charge in [0.2, 0.25) is 0 Å². The molecule has 0 aromatic carbocycles. The summed E-state index contributed by atoms with van der Waals surface area (Å²) in [6.45, 7) is 4.42. The summed E-state index contributed by atoms with van der Waals surface area (Å²) >= 11 is 0. The zero-order chi connectivity index (χ0) is 6.41. The molecule has 0 bridgehead atoms. The Labute approximate surface area is 68.8 Å². The van der Waals surface area contributed by atoms with E-state index < -0.39 is 8.25 Å². The third-order valence-corrected chi connectivity index (χ3v) is 1.41. The van der Waals surface area contributed by atoms with Gasteiger partial charge in [0.05, 0.1) is 0 Å². The minimum Gasteiger partial charge on any atom is -0.119 e. The van der Waals surface area contributed by atoms with E-state index in [1.807, 2.05) is 0 Å². The second-order valence-electron chi connectivity index (χ2n) is 1.06. The number of hydrogen-bond donors (Lipinski definition) is 0. The Kier molecular flexibility index (Phi) is 11.8. The monoisotopic (exact) mass is 201 g/mol. The topological polar surface area (TPSA) is 35.5 Å². The zero-order valence-corrected chi connectivity index (χ0v) is 9.65. The maximum absolute atomic E-state index is 10.3. The molecule has 0 spiro atoms. The van der Waals surface area contributed by atoms with Crippen LogP contribution in [0.25, 0.3) is 0 Å². The fraction of sp³-hybridized carbons (Fsp3) is 1.00. The molecule has 0 saturated carbocycles. The van der Waals surface area contributed by atoms with Gasteiger partial charge in [0.15, 0.2) is 0 Å². The van der Waals surface area contributed by atoms with Crippen molar-refractivity contribution in [3.63, 3.8) is 0 Å². The van der Waals surface area contributed by atoms with E-state index in [4.69, 9.17) is 0 Å². The molecule has 0 N–H and O–H groups in total. The van der Waals surface area contributed by atoms with Crippen LogP contribution in [0, 0.1) is 0 Å². The molecule has 9 heavy (non-hydrogen) atoms. The summed E-state index contributed by atoms with van der Waals surface area (Å²) in [5.74, 6) is 0. The van der Waals surface area contributed by atoms with Crippen LogP contribution < -0.4 is 0 Å². The van der Waals surface area contributed by atoms with Crippen LogP contribution in [0.5, 0.6) is 0 Å². The van der Waals surface area contributed by atoms with Crippen LogP contribution in [0.2, 0.25) is 0 Å². The van der Waals surface area contributed by atoms with Crippen molar-refractivity contribution in [3.05, 3.63) is 0 Å². The maximum atomic E-state index is 10.3. The van der Waals surface area contributed by atoms with Crippen molar-refractivity contribution in [3.8, 4) is 0 Å². The van der Waals surface area contributed by atoms with Gasteiger partial charge in [-0.2, -0.15) is 0 Å². The minimum atomic E-state index is -1.83. The molecule has 5 heteroatoms. The zero-order valence-electron chi connectivity index (χ0n) is 5.79. The summed E-state index contributed by atoms with van der Waals surface area (Å²) < 4.78 is 19.5. The van der Waals surface area contributed by atoms with Crippen LogP contribution in [0.3, 0.4) is 0 Å². The fourth-order valence-corrected chi connectivity index (χ4v) is 0.744. The van der Waals surface area contributed by atoms with Crippen molar-refractivity contribution in [2.24, 2.45) is 0 Å². The molecule has 0 unspecified atom stereocenters. The molecule has 0 saturated heterocycles. The minimum absolute atomic E-state index is 0. The largest absolute Gasteiger partial charge is 0.697 e. The summed E-state index contributed by atoms with van der Waals surface area (Å²) in [5, 5.41) is 0. The molecule has 0 radical (unpaired) electrons. The van der Waals surface area contributed by atoms with E-state index in [0.29, 0.717) is 13.2 Å². The molecule has 0 aliphatic rings. The molecule has 0 atom stereocenters. The first-order chi connectivity index (χ1) is 3.81. The van der Waals surface area contributed by atoms with Gasteiger partial charge in [-0.05, 0) is 13.8 Å². The van der Waals surface area contributed by atoms with E-state index in [-0.39, 0.29) is 19.5 Å². The van der Waals surface area contributed by atoms with Crippen LogP contribution >= 0.6 is 8.25 Å². The second-order valence-corrected chi connectivity index (χ2v) is 2.02. The summed E-state index contributed by atoms with van der Waals surface area (Å²) in [7, 11) is -1.83. The van der Waals surface area contributed by atoms with E-state index in [1.54, 1.807) is 13.8 Å². The second kappa shape index (κ2) is 8.64. The molecule has 0 heterocycles. The van der Waals surface area contributed by atoms with Crippen LogP contribution in [0.1, 0.15) is 13.8 Å². The molecule has 0 amide bonds. The van der Waals surface area contributed by atoms with E-state index in [2.05, 4.69) is 9.05 Å². The predicted molar refractivity (Wildman–Crippen MR) is 30.9 cm³/mol. The van der Waals surface area contributed by atoms with Gasteiger partial charge in [-0.25, -0.2) is 0 Å². The summed E-state index contributed by atoms with van der Waals surface area (Å²) in [6.07, 6.45) is 0. The van der Waals surface area contributed by atoms with Crippen molar-refractivity contribution < 1.29 is 33.1 Å². The molecule has 0 aliphatic heterocycles. The molecule has 0 fully saturated rings. The van der Waals surface area contributed by atoms with E-state index in [1.165, 1.54) is 0 Å². The van der Waals surface area contributed by atoms with Crippen molar-refractivity contribution in [1.29, 1.82) is 0 Å². The number of rotatable bonds is 4. The van der Waals surface area contributed by atoms with E-state index in [9.17, 15) is 4.57 Å². The van der Waals surface area contributed by atoms with Crippen molar-refractivity contribution >= 4 is 8.25 Å². The van der Waals surface area contributed by atoms with Gasteiger partial charge in [0.25, 0.3) is 0 Å². The van der Waals surface area contributed by atoms with Gasteiger partial charge in [-0.3, -0.25) is 0 Å². The average molecular weight is 202 g/mol. The molecule has 0 aromatic rings. The molecule has 0 aliphatic carbocycles. The Balaban J connectivity index is 0. The third kappa shape index (κ3) is 8.64. The summed E-state index contributed by atoms with van der Waals surface area (Å²) in [6, 6.07) is 0. The third-order valence-electron chi connectivity index (χ3n) is 0.469. The first kappa shape index (κ1) is 12.3. The normalized spacial score (nSPS) is 8.22. The Morgan fingerprint density at radius 2 is 1.56 bits per heavy atom. The first-order valence-corrected chi connectivity index (χ1v) is 3.63. The van der Waals surface area contributed by atoms with Crippen molar-refractivity contribution in [2.75, 3.05) is 13.2 Å². The maximum Gasteiger partial charge on any atom is 0.697 e.